The van der Waals surface area contributed by atoms with Gasteiger partial charge in [-0.3, -0.25) is 4.79 Å². The number of benzene rings is 2. The summed E-state index contributed by atoms with van der Waals surface area (Å²) in [4.78, 5) is 25.0. The number of hydrogen-bond donors (Lipinski definition) is 0. The van der Waals surface area contributed by atoms with Crippen molar-refractivity contribution in [3.63, 3.8) is 0 Å². The Morgan fingerprint density at radius 2 is 1.69 bits per heavy atom. The van der Waals surface area contributed by atoms with Crippen LogP contribution in [0.1, 0.15) is 24.0 Å². The lowest BCUT2D eigenvalue weighted by Gasteiger charge is -2.22. The number of ether oxygens (including phenoxy) is 2. The molecule has 0 saturated heterocycles. The number of nitrogens with zero attached hydrogens (tertiary/aromatic N) is 1. The molecule has 2 rings (SSSR count). The molecule has 0 aliphatic carbocycles. The average Bonchev–Trinajstić information content (AvgIpc) is 2.66. The first-order valence-electron chi connectivity index (χ1n) is 8.35. The summed E-state index contributed by atoms with van der Waals surface area (Å²) >= 11 is 5.39. The van der Waals surface area contributed by atoms with Crippen LogP contribution in [0, 0.1) is 0 Å². The fourth-order valence-electron chi connectivity index (χ4n) is 2.41. The Kier molecular flexibility index (Phi) is 7.96. The number of rotatable bonds is 9. The molecule has 0 aliphatic rings. The zero-order valence-electron chi connectivity index (χ0n) is 14.7. The molecule has 0 fully saturated rings. The van der Waals surface area contributed by atoms with Gasteiger partial charge in [0.2, 0.25) is 5.24 Å². The topological polar surface area (TPSA) is 55.8 Å². The van der Waals surface area contributed by atoms with Gasteiger partial charge in [-0.25, -0.2) is 4.79 Å². The van der Waals surface area contributed by atoms with Crippen molar-refractivity contribution in [3.8, 4) is 5.75 Å². The molecule has 2 aromatic rings. The van der Waals surface area contributed by atoms with Crippen LogP contribution in [0.4, 0.5) is 4.79 Å². The Balaban J connectivity index is 1.98. The minimum Gasteiger partial charge on any atom is -0.497 e. The fraction of sp³-hybridized carbons (Fsp3) is 0.300. The normalized spacial score (nSPS) is 10.2. The highest BCUT2D eigenvalue weighted by molar-refractivity contribution is 6.63. The van der Waals surface area contributed by atoms with E-state index in [-0.39, 0.29) is 13.0 Å². The third-order valence-electron chi connectivity index (χ3n) is 3.80. The van der Waals surface area contributed by atoms with Gasteiger partial charge in [0.15, 0.2) is 0 Å². The third kappa shape index (κ3) is 6.76. The van der Waals surface area contributed by atoms with E-state index < -0.39 is 11.3 Å². The van der Waals surface area contributed by atoms with Crippen LogP contribution in [0.5, 0.6) is 5.75 Å². The monoisotopic (exact) mass is 375 g/mol. The number of hydrogen-bond acceptors (Lipinski definition) is 4. The van der Waals surface area contributed by atoms with Gasteiger partial charge in [0.1, 0.15) is 12.4 Å². The first kappa shape index (κ1) is 19.8. The first-order valence-corrected chi connectivity index (χ1v) is 8.73. The summed E-state index contributed by atoms with van der Waals surface area (Å²) in [5.74, 6) is 0.750. The molecular weight excluding hydrogens is 354 g/mol. The zero-order valence-corrected chi connectivity index (χ0v) is 15.4. The van der Waals surface area contributed by atoms with Gasteiger partial charge in [0, 0.05) is 19.5 Å². The van der Waals surface area contributed by atoms with Crippen LogP contribution in [0.3, 0.4) is 0 Å². The molecule has 0 unspecified atom stereocenters. The van der Waals surface area contributed by atoms with Crippen molar-refractivity contribution < 1.29 is 19.1 Å². The Labute approximate surface area is 158 Å². The number of carbonyl (C=O) groups is 2. The van der Waals surface area contributed by atoms with Crippen LogP contribution in [0.2, 0.25) is 0 Å². The van der Waals surface area contributed by atoms with Crippen LogP contribution in [0.15, 0.2) is 54.6 Å². The number of amides is 1. The molecule has 138 valence electrons. The van der Waals surface area contributed by atoms with Crippen molar-refractivity contribution in [3.05, 3.63) is 65.7 Å². The number of carbonyl (C=O) groups excluding carboxylic acids is 2. The van der Waals surface area contributed by atoms with Gasteiger partial charge in [-0.05, 0) is 41.3 Å². The predicted octanol–water partition coefficient (Wildman–Crippen LogP) is 4.38. The molecule has 0 atom stereocenters. The number of methoxy groups -OCH3 is 1. The lowest BCUT2D eigenvalue weighted by atomic mass is 10.2. The van der Waals surface area contributed by atoms with Crippen LogP contribution >= 0.6 is 11.6 Å². The summed E-state index contributed by atoms with van der Waals surface area (Å²) in [5, 5.41) is -0.410. The smallest absolute Gasteiger partial charge is 0.410 e. The van der Waals surface area contributed by atoms with Gasteiger partial charge >= 0.3 is 6.09 Å². The molecule has 0 spiro atoms. The maximum Gasteiger partial charge on any atom is 0.410 e. The first-order chi connectivity index (χ1) is 12.6. The molecule has 0 aliphatic heterocycles. The highest BCUT2D eigenvalue weighted by Gasteiger charge is 2.16. The summed E-state index contributed by atoms with van der Waals surface area (Å²) in [6.07, 6.45) is 0.276. The number of halogens is 1. The molecular formula is C20H22ClNO4. The molecule has 5 nitrogen and oxygen atoms in total. The molecule has 26 heavy (non-hydrogen) atoms. The van der Waals surface area contributed by atoms with Gasteiger partial charge < -0.3 is 14.4 Å². The van der Waals surface area contributed by atoms with E-state index in [0.717, 1.165) is 16.9 Å². The summed E-state index contributed by atoms with van der Waals surface area (Å²) in [5.41, 5.74) is 1.86. The SMILES string of the molecule is COc1ccc(CN(CCCC(=O)Cl)C(=O)OCc2ccccc2)cc1. The highest BCUT2D eigenvalue weighted by Crippen LogP contribution is 2.15. The van der Waals surface area contributed by atoms with E-state index in [0.29, 0.717) is 19.5 Å². The van der Waals surface area contributed by atoms with Gasteiger partial charge in [-0.2, -0.15) is 0 Å². The summed E-state index contributed by atoms with van der Waals surface area (Å²) in [6.45, 7) is 0.972. The molecule has 6 heteroatoms. The maximum atomic E-state index is 12.5. The summed E-state index contributed by atoms with van der Waals surface area (Å²) < 4.78 is 10.6. The molecule has 0 bridgehead atoms. The lowest BCUT2D eigenvalue weighted by Crippen LogP contribution is -2.32. The van der Waals surface area contributed by atoms with Crippen molar-refractivity contribution >= 4 is 22.9 Å². The van der Waals surface area contributed by atoms with Crippen LogP contribution in [-0.4, -0.2) is 29.9 Å². The minimum absolute atomic E-state index is 0.202. The van der Waals surface area contributed by atoms with Crippen molar-refractivity contribution in [2.24, 2.45) is 0 Å². The molecule has 0 N–H and O–H groups in total. The maximum absolute atomic E-state index is 12.5. The van der Waals surface area contributed by atoms with Gasteiger partial charge in [-0.1, -0.05) is 42.5 Å². The molecule has 2 aromatic carbocycles. The van der Waals surface area contributed by atoms with Gasteiger partial charge in [0.05, 0.1) is 7.11 Å². The lowest BCUT2D eigenvalue weighted by molar-refractivity contribution is -0.111. The summed E-state index contributed by atoms with van der Waals surface area (Å²) in [7, 11) is 1.60. The van der Waals surface area contributed by atoms with E-state index in [1.165, 1.54) is 0 Å². The van der Waals surface area contributed by atoms with Crippen LogP contribution in [-0.2, 0) is 22.7 Å². The quantitative estimate of drug-likeness (QED) is 0.610. The van der Waals surface area contributed by atoms with E-state index >= 15 is 0 Å². The van der Waals surface area contributed by atoms with Crippen molar-refractivity contribution in [1.29, 1.82) is 0 Å². The Morgan fingerprint density at radius 1 is 1.00 bits per heavy atom. The van der Waals surface area contributed by atoms with E-state index in [1.807, 2.05) is 54.6 Å². The van der Waals surface area contributed by atoms with Gasteiger partial charge in [-0.15, -0.1) is 0 Å². The average molecular weight is 376 g/mol. The Morgan fingerprint density at radius 3 is 2.31 bits per heavy atom. The van der Waals surface area contributed by atoms with Crippen molar-refractivity contribution in [1.82, 2.24) is 4.90 Å². The Bertz CT molecular complexity index is 704. The van der Waals surface area contributed by atoms with E-state index in [4.69, 9.17) is 21.1 Å². The van der Waals surface area contributed by atoms with E-state index in [9.17, 15) is 9.59 Å². The molecule has 0 saturated carbocycles. The largest absolute Gasteiger partial charge is 0.497 e. The van der Waals surface area contributed by atoms with E-state index in [2.05, 4.69) is 0 Å². The van der Waals surface area contributed by atoms with Crippen molar-refractivity contribution in [2.45, 2.75) is 26.0 Å². The standard InChI is InChI=1S/C20H22ClNO4/c1-25-18-11-9-16(10-12-18)14-22(13-5-8-19(21)23)20(24)26-15-17-6-3-2-4-7-17/h2-4,6-7,9-12H,5,8,13-15H2,1H3. The van der Waals surface area contributed by atoms with Gasteiger partial charge in [0.25, 0.3) is 0 Å². The second-order valence-electron chi connectivity index (χ2n) is 5.77. The fourth-order valence-corrected chi connectivity index (χ4v) is 2.54. The second kappa shape index (κ2) is 10.5. The van der Waals surface area contributed by atoms with Crippen LogP contribution < -0.4 is 4.74 Å². The summed E-state index contributed by atoms with van der Waals surface area (Å²) in [6, 6.07) is 16.9. The third-order valence-corrected chi connectivity index (χ3v) is 3.99. The highest BCUT2D eigenvalue weighted by atomic mass is 35.5. The van der Waals surface area contributed by atoms with Crippen LogP contribution in [0.25, 0.3) is 0 Å². The molecule has 0 heterocycles. The molecule has 1 amide bonds. The Hall–Kier alpha value is -2.53. The molecule has 0 aromatic heterocycles. The predicted molar refractivity (Wildman–Crippen MR) is 100 cm³/mol. The molecule has 0 radical (unpaired) electrons. The minimum atomic E-state index is -0.424. The zero-order chi connectivity index (χ0) is 18.8. The van der Waals surface area contributed by atoms with E-state index in [1.54, 1.807) is 12.0 Å². The van der Waals surface area contributed by atoms with Crippen molar-refractivity contribution in [2.75, 3.05) is 13.7 Å². The second-order valence-corrected chi connectivity index (χ2v) is 6.19.